The predicted molar refractivity (Wildman–Crippen MR) is 53.1 cm³/mol. The van der Waals surface area contributed by atoms with Crippen LogP contribution in [0.4, 0.5) is 0 Å². The maximum Gasteiger partial charge on any atom is 0.330 e. The minimum absolute atomic E-state index is 0.214. The van der Waals surface area contributed by atoms with Gasteiger partial charge < -0.3 is 9.47 Å². The minimum Gasteiger partial charge on any atom is -0.461 e. The Labute approximate surface area is 92.8 Å². The molecule has 0 bridgehead atoms. The molecule has 0 aliphatic rings. The molecule has 1 N–H and O–H groups in total. The van der Waals surface area contributed by atoms with Crippen molar-refractivity contribution in [2.24, 2.45) is 0 Å². The number of esters is 2. The minimum atomic E-state index is -4.46. The third-order valence-electron chi connectivity index (χ3n) is 1.52. The molecule has 0 aromatic carbocycles. The molecular formula is C8H12O7S. The number of carbonyl (C=O) groups excluding carboxylic acids is 2. The largest absolute Gasteiger partial charge is 0.461 e. The second kappa shape index (κ2) is 6.23. The van der Waals surface area contributed by atoms with E-state index in [0.29, 0.717) is 0 Å². The highest BCUT2D eigenvalue weighted by molar-refractivity contribution is 7.87. The molecule has 0 fully saturated rings. The lowest BCUT2D eigenvalue weighted by Crippen LogP contribution is -2.29. The summed E-state index contributed by atoms with van der Waals surface area (Å²) in [6, 6.07) is 0. The highest BCUT2D eigenvalue weighted by Gasteiger charge is 2.27. The summed E-state index contributed by atoms with van der Waals surface area (Å²) in [5, 5.41) is -1.66. The van der Waals surface area contributed by atoms with Crippen molar-refractivity contribution < 1.29 is 32.0 Å². The molecule has 0 aromatic heterocycles. The molecule has 0 aliphatic heterocycles. The Morgan fingerprint density at radius 1 is 1.38 bits per heavy atom. The van der Waals surface area contributed by atoms with Gasteiger partial charge in [-0.25, -0.2) is 4.79 Å². The topological polar surface area (TPSA) is 107 Å². The highest BCUT2D eigenvalue weighted by Crippen LogP contribution is 2.00. The fourth-order valence-corrected chi connectivity index (χ4v) is 0.894. The smallest absolute Gasteiger partial charge is 0.330 e. The van der Waals surface area contributed by atoms with E-state index >= 15 is 0 Å². The first kappa shape index (κ1) is 14.6. The zero-order valence-electron chi connectivity index (χ0n) is 8.58. The lowest BCUT2D eigenvalue weighted by atomic mass is 10.5. The molecule has 0 saturated carbocycles. The Balaban J connectivity index is 3.92. The summed E-state index contributed by atoms with van der Waals surface area (Å²) in [6.45, 7) is 3.61. The normalized spacial score (nSPS) is 12.6. The number of ether oxygens (including phenoxy) is 2. The van der Waals surface area contributed by atoms with E-state index in [1.807, 2.05) is 0 Å². The van der Waals surface area contributed by atoms with E-state index in [-0.39, 0.29) is 13.2 Å². The molecule has 1 atom stereocenters. The molecule has 8 heteroatoms. The number of hydrogen-bond donors (Lipinski definition) is 1. The third-order valence-corrected chi connectivity index (χ3v) is 2.60. The average molecular weight is 252 g/mol. The van der Waals surface area contributed by atoms with Crippen LogP contribution in [0.15, 0.2) is 12.7 Å². The van der Waals surface area contributed by atoms with E-state index in [1.54, 1.807) is 0 Å². The number of carbonyl (C=O) groups is 2. The second-order valence-electron chi connectivity index (χ2n) is 2.70. The van der Waals surface area contributed by atoms with Crippen LogP contribution in [0.5, 0.6) is 0 Å². The lowest BCUT2D eigenvalue weighted by Gasteiger charge is -2.08. The van der Waals surface area contributed by atoms with Crippen LogP contribution in [0.25, 0.3) is 0 Å². The van der Waals surface area contributed by atoms with E-state index < -0.39 is 27.3 Å². The summed E-state index contributed by atoms with van der Waals surface area (Å²) in [6.07, 6.45) is 0.933. The Morgan fingerprint density at radius 3 is 2.31 bits per heavy atom. The van der Waals surface area contributed by atoms with Gasteiger partial charge in [-0.15, -0.1) is 0 Å². The van der Waals surface area contributed by atoms with Crippen LogP contribution in [0.1, 0.15) is 6.92 Å². The van der Waals surface area contributed by atoms with Gasteiger partial charge in [0, 0.05) is 6.08 Å². The molecule has 16 heavy (non-hydrogen) atoms. The first-order valence-electron chi connectivity index (χ1n) is 4.21. The molecule has 0 amide bonds. The summed E-state index contributed by atoms with van der Waals surface area (Å²) < 4.78 is 38.4. The van der Waals surface area contributed by atoms with Gasteiger partial charge in [0.1, 0.15) is 13.2 Å². The van der Waals surface area contributed by atoms with Gasteiger partial charge in [0.25, 0.3) is 10.1 Å². The highest BCUT2D eigenvalue weighted by atomic mass is 32.2. The maximum absolute atomic E-state index is 11.0. The Kier molecular flexibility index (Phi) is 5.68. The van der Waals surface area contributed by atoms with Gasteiger partial charge in [-0.2, -0.15) is 8.42 Å². The summed E-state index contributed by atoms with van der Waals surface area (Å²) in [5.74, 6) is -1.80. The van der Waals surface area contributed by atoms with Crippen LogP contribution >= 0.6 is 0 Å². The quantitative estimate of drug-likeness (QED) is 0.295. The van der Waals surface area contributed by atoms with Crippen molar-refractivity contribution in [3.8, 4) is 0 Å². The molecule has 7 nitrogen and oxygen atoms in total. The molecule has 92 valence electrons. The molecule has 0 aliphatic carbocycles. The number of hydrogen-bond acceptors (Lipinski definition) is 6. The van der Waals surface area contributed by atoms with Crippen molar-refractivity contribution >= 4 is 22.1 Å². The van der Waals surface area contributed by atoms with Crippen LogP contribution in [0.3, 0.4) is 0 Å². The average Bonchev–Trinajstić information content (AvgIpc) is 2.21. The van der Waals surface area contributed by atoms with Gasteiger partial charge >= 0.3 is 11.9 Å². The predicted octanol–water partition coefficient (Wildman–Crippen LogP) is -0.465. The van der Waals surface area contributed by atoms with Gasteiger partial charge in [0.05, 0.1) is 0 Å². The molecule has 0 rings (SSSR count). The monoisotopic (exact) mass is 252 g/mol. The second-order valence-corrected chi connectivity index (χ2v) is 4.43. The molecule has 0 radical (unpaired) electrons. The first-order valence-corrected chi connectivity index (χ1v) is 5.71. The first-order chi connectivity index (χ1) is 7.29. The SMILES string of the molecule is C=CC(=O)OCCOC(=O)C(C)S(=O)(=O)O. The van der Waals surface area contributed by atoms with Crippen molar-refractivity contribution in [1.29, 1.82) is 0 Å². The third kappa shape index (κ3) is 5.47. The molecule has 0 heterocycles. The summed E-state index contributed by atoms with van der Waals surface area (Å²) >= 11 is 0. The molecular weight excluding hydrogens is 240 g/mol. The van der Waals surface area contributed by atoms with Crippen molar-refractivity contribution in [3.63, 3.8) is 0 Å². The van der Waals surface area contributed by atoms with Gasteiger partial charge in [0.15, 0.2) is 5.25 Å². The lowest BCUT2D eigenvalue weighted by molar-refractivity contribution is -0.149. The van der Waals surface area contributed by atoms with Crippen molar-refractivity contribution in [2.45, 2.75) is 12.2 Å². The molecule has 0 saturated heterocycles. The van der Waals surface area contributed by atoms with Crippen LogP contribution in [0.2, 0.25) is 0 Å². The van der Waals surface area contributed by atoms with Gasteiger partial charge in [0.2, 0.25) is 0 Å². The molecule has 0 spiro atoms. The fraction of sp³-hybridized carbons (Fsp3) is 0.500. The van der Waals surface area contributed by atoms with Gasteiger partial charge in [-0.05, 0) is 6.92 Å². The van der Waals surface area contributed by atoms with E-state index in [4.69, 9.17) is 4.55 Å². The Bertz CT molecular complexity index is 370. The summed E-state index contributed by atoms with van der Waals surface area (Å²) in [5.41, 5.74) is 0. The van der Waals surface area contributed by atoms with Crippen molar-refractivity contribution in [3.05, 3.63) is 12.7 Å². The Morgan fingerprint density at radius 2 is 1.88 bits per heavy atom. The van der Waals surface area contributed by atoms with E-state index in [9.17, 15) is 18.0 Å². The molecule has 1 unspecified atom stereocenters. The maximum atomic E-state index is 11.0. The van der Waals surface area contributed by atoms with Gasteiger partial charge in [-0.3, -0.25) is 9.35 Å². The number of rotatable bonds is 6. The van der Waals surface area contributed by atoms with Crippen LogP contribution in [-0.2, 0) is 29.2 Å². The van der Waals surface area contributed by atoms with Crippen molar-refractivity contribution in [2.75, 3.05) is 13.2 Å². The standard InChI is InChI=1S/C8H12O7S/c1-3-7(9)14-4-5-15-8(10)6(2)16(11,12)13/h3,6H,1,4-5H2,2H3,(H,11,12,13). The van der Waals surface area contributed by atoms with Crippen LogP contribution < -0.4 is 0 Å². The van der Waals surface area contributed by atoms with E-state index in [2.05, 4.69) is 16.1 Å². The molecule has 0 aromatic rings. The van der Waals surface area contributed by atoms with Crippen LogP contribution in [-0.4, -0.2) is 43.4 Å². The Hall–Kier alpha value is -1.41. The fourth-order valence-electron chi connectivity index (χ4n) is 0.582. The van der Waals surface area contributed by atoms with E-state index in [1.165, 1.54) is 0 Å². The summed E-state index contributed by atoms with van der Waals surface area (Å²) in [4.78, 5) is 21.5. The van der Waals surface area contributed by atoms with Crippen LogP contribution in [0, 0.1) is 0 Å². The van der Waals surface area contributed by atoms with Gasteiger partial charge in [-0.1, -0.05) is 6.58 Å². The van der Waals surface area contributed by atoms with Crippen molar-refractivity contribution in [1.82, 2.24) is 0 Å². The zero-order chi connectivity index (χ0) is 12.8. The summed E-state index contributed by atoms with van der Waals surface area (Å²) in [7, 11) is -4.46. The van der Waals surface area contributed by atoms with E-state index in [0.717, 1.165) is 13.0 Å². The zero-order valence-corrected chi connectivity index (χ0v) is 9.40.